The Hall–Kier alpha value is -1.17. The van der Waals surface area contributed by atoms with Crippen LogP contribution in [0.2, 0.25) is 5.02 Å². The summed E-state index contributed by atoms with van der Waals surface area (Å²) < 4.78 is 14.2. The standard InChI is InChI=1S/C17H24ClFN2O2/c1-11(2)9-20-7-8-21(10-12(20)3)16(17(22)23)15-13(18)5-4-6-14(15)19/h4-6,11-12,16H,7-10H2,1-3H3,(H,22,23). The molecule has 1 heterocycles. The molecule has 0 bridgehead atoms. The highest BCUT2D eigenvalue weighted by atomic mass is 35.5. The number of nitrogens with zero attached hydrogens (tertiary/aromatic N) is 2. The summed E-state index contributed by atoms with van der Waals surface area (Å²) in [6.45, 7) is 9.32. The molecule has 1 aliphatic heterocycles. The van der Waals surface area contributed by atoms with Crippen molar-refractivity contribution in [3.05, 3.63) is 34.6 Å². The van der Waals surface area contributed by atoms with Gasteiger partial charge in [-0.25, -0.2) is 4.39 Å². The van der Waals surface area contributed by atoms with Crippen molar-refractivity contribution in [2.24, 2.45) is 5.92 Å². The van der Waals surface area contributed by atoms with E-state index in [0.29, 0.717) is 19.0 Å². The number of halogens is 2. The number of hydrogen-bond donors (Lipinski definition) is 1. The molecule has 0 spiro atoms. The Balaban J connectivity index is 2.22. The summed E-state index contributed by atoms with van der Waals surface area (Å²) in [7, 11) is 0. The third-order valence-electron chi connectivity index (χ3n) is 4.27. The molecule has 1 aliphatic rings. The van der Waals surface area contributed by atoms with Crippen molar-refractivity contribution in [3.63, 3.8) is 0 Å². The summed E-state index contributed by atoms with van der Waals surface area (Å²) in [5, 5.41) is 9.81. The van der Waals surface area contributed by atoms with Crippen molar-refractivity contribution >= 4 is 17.6 Å². The highest BCUT2D eigenvalue weighted by Crippen LogP contribution is 2.32. The molecule has 1 aromatic carbocycles. The minimum atomic E-state index is -1.07. The maximum Gasteiger partial charge on any atom is 0.325 e. The molecule has 4 nitrogen and oxygen atoms in total. The second-order valence-electron chi connectivity index (χ2n) is 6.61. The van der Waals surface area contributed by atoms with Gasteiger partial charge in [-0.1, -0.05) is 31.5 Å². The van der Waals surface area contributed by atoms with Gasteiger partial charge < -0.3 is 5.11 Å². The Morgan fingerprint density at radius 2 is 2.13 bits per heavy atom. The summed E-state index contributed by atoms with van der Waals surface area (Å²) in [6, 6.07) is 3.46. The third-order valence-corrected chi connectivity index (χ3v) is 4.60. The molecular weight excluding hydrogens is 319 g/mol. The summed E-state index contributed by atoms with van der Waals surface area (Å²) in [5.74, 6) is -1.08. The number of piperazine rings is 1. The molecule has 1 saturated heterocycles. The molecule has 2 atom stereocenters. The molecule has 1 N–H and O–H groups in total. The van der Waals surface area contributed by atoms with Crippen LogP contribution in [0.15, 0.2) is 18.2 Å². The second kappa shape index (κ2) is 7.60. The molecule has 1 aromatic rings. The van der Waals surface area contributed by atoms with Crippen LogP contribution in [0.25, 0.3) is 0 Å². The van der Waals surface area contributed by atoms with Crippen LogP contribution in [0.1, 0.15) is 32.4 Å². The molecule has 0 radical (unpaired) electrons. The van der Waals surface area contributed by atoms with E-state index in [1.54, 1.807) is 0 Å². The number of carboxylic acids is 1. The highest BCUT2D eigenvalue weighted by Gasteiger charge is 2.35. The fourth-order valence-corrected chi connectivity index (χ4v) is 3.50. The number of aliphatic carboxylic acids is 1. The van der Waals surface area contributed by atoms with Crippen LogP contribution >= 0.6 is 11.6 Å². The normalized spacial score (nSPS) is 21.6. The zero-order chi connectivity index (χ0) is 17.1. The SMILES string of the molecule is CC(C)CN1CCN(C(C(=O)O)c2c(F)cccc2Cl)CC1C. The van der Waals surface area contributed by atoms with Gasteiger partial charge in [0.05, 0.1) is 0 Å². The van der Waals surface area contributed by atoms with Crippen LogP contribution < -0.4 is 0 Å². The highest BCUT2D eigenvalue weighted by molar-refractivity contribution is 6.31. The number of carbonyl (C=O) groups is 1. The molecule has 2 unspecified atom stereocenters. The zero-order valence-corrected chi connectivity index (χ0v) is 14.6. The molecule has 0 saturated carbocycles. The lowest BCUT2D eigenvalue weighted by Crippen LogP contribution is -2.54. The quantitative estimate of drug-likeness (QED) is 0.892. The summed E-state index contributed by atoms with van der Waals surface area (Å²) in [5.41, 5.74) is 0.0613. The fraction of sp³-hybridized carbons (Fsp3) is 0.588. The first-order valence-electron chi connectivity index (χ1n) is 7.96. The smallest absolute Gasteiger partial charge is 0.325 e. The van der Waals surface area contributed by atoms with Gasteiger partial charge >= 0.3 is 5.97 Å². The van der Waals surface area contributed by atoms with E-state index in [2.05, 4.69) is 25.7 Å². The number of benzene rings is 1. The predicted molar refractivity (Wildman–Crippen MR) is 89.2 cm³/mol. The molecule has 0 aromatic heterocycles. The first-order valence-corrected chi connectivity index (χ1v) is 8.33. The predicted octanol–water partition coefficient (Wildman–Crippen LogP) is 3.27. The van der Waals surface area contributed by atoms with Crippen molar-refractivity contribution < 1.29 is 14.3 Å². The van der Waals surface area contributed by atoms with Gasteiger partial charge in [0.2, 0.25) is 0 Å². The van der Waals surface area contributed by atoms with Gasteiger partial charge in [0, 0.05) is 42.8 Å². The van der Waals surface area contributed by atoms with Crippen LogP contribution in [0.4, 0.5) is 4.39 Å². The fourth-order valence-electron chi connectivity index (χ4n) is 3.23. The molecule has 23 heavy (non-hydrogen) atoms. The van der Waals surface area contributed by atoms with Crippen molar-refractivity contribution in [2.45, 2.75) is 32.9 Å². The van der Waals surface area contributed by atoms with E-state index in [9.17, 15) is 14.3 Å². The Bertz CT molecular complexity index is 547. The Morgan fingerprint density at radius 1 is 1.43 bits per heavy atom. The monoisotopic (exact) mass is 342 g/mol. The van der Waals surface area contributed by atoms with Crippen LogP contribution in [-0.2, 0) is 4.79 Å². The minimum absolute atomic E-state index is 0.0613. The molecule has 0 amide bonds. The molecular formula is C17H24ClFN2O2. The van der Waals surface area contributed by atoms with Crippen LogP contribution in [0, 0.1) is 11.7 Å². The van der Waals surface area contributed by atoms with E-state index in [1.807, 2.05) is 4.90 Å². The summed E-state index contributed by atoms with van der Waals surface area (Å²) >= 11 is 6.08. The molecule has 6 heteroatoms. The Labute approximate surface area is 141 Å². The van der Waals surface area contributed by atoms with Crippen LogP contribution in [0.3, 0.4) is 0 Å². The van der Waals surface area contributed by atoms with E-state index in [1.165, 1.54) is 18.2 Å². The maximum atomic E-state index is 14.2. The lowest BCUT2D eigenvalue weighted by atomic mass is 10.0. The van der Waals surface area contributed by atoms with E-state index < -0.39 is 17.8 Å². The van der Waals surface area contributed by atoms with Crippen molar-refractivity contribution in [1.29, 1.82) is 0 Å². The average molecular weight is 343 g/mol. The van der Waals surface area contributed by atoms with Crippen molar-refractivity contribution in [1.82, 2.24) is 9.80 Å². The van der Waals surface area contributed by atoms with Gasteiger partial charge in [-0.3, -0.25) is 14.6 Å². The maximum absolute atomic E-state index is 14.2. The molecule has 1 fully saturated rings. The number of carboxylic acid groups (broad SMARTS) is 1. The zero-order valence-electron chi connectivity index (χ0n) is 13.8. The molecule has 128 valence electrons. The first kappa shape index (κ1) is 18.2. The molecule has 0 aliphatic carbocycles. The Morgan fingerprint density at radius 3 is 2.65 bits per heavy atom. The van der Waals surface area contributed by atoms with Gasteiger partial charge in [0.25, 0.3) is 0 Å². The van der Waals surface area contributed by atoms with Crippen molar-refractivity contribution in [2.75, 3.05) is 26.2 Å². The largest absolute Gasteiger partial charge is 0.480 e. The number of rotatable bonds is 5. The van der Waals surface area contributed by atoms with Crippen LogP contribution in [0.5, 0.6) is 0 Å². The topological polar surface area (TPSA) is 43.8 Å². The van der Waals surface area contributed by atoms with E-state index in [4.69, 9.17) is 11.6 Å². The third kappa shape index (κ3) is 4.22. The summed E-state index contributed by atoms with van der Waals surface area (Å²) in [4.78, 5) is 16.0. The van der Waals surface area contributed by atoms with Gasteiger partial charge in [-0.15, -0.1) is 0 Å². The van der Waals surface area contributed by atoms with Gasteiger partial charge in [0.15, 0.2) is 0 Å². The average Bonchev–Trinajstić information content (AvgIpc) is 2.44. The summed E-state index contributed by atoms with van der Waals surface area (Å²) in [6.07, 6.45) is 0. The van der Waals surface area contributed by atoms with Crippen molar-refractivity contribution in [3.8, 4) is 0 Å². The van der Waals surface area contributed by atoms with Crippen LogP contribution in [-0.4, -0.2) is 53.1 Å². The van der Waals surface area contributed by atoms with E-state index in [-0.39, 0.29) is 16.6 Å². The lowest BCUT2D eigenvalue weighted by Gasteiger charge is -2.43. The van der Waals surface area contributed by atoms with E-state index in [0.717, 1.165) is 13.1 Å². The molecule has 2 rings (SSSR count). The van der Waals surface area contributed by atoms with Gasteiger partial charge in [-0.2, -0.15) is 0 Å². The number of hydrogen-bond acceptors (Lipinski definition) is 3. The lowest BCUT2D eigenvalue weighted by molar-refractivity contribution is -0.145. The van der Waals surface area contributed by atoms with Gasteiger partial charge in [0.1, 0.15) is 11.9 Å². The minimum Gasteiger partial charge on any atom is -0.480 e. The van der Waals surface area contributed by atoms with E-state index >= 15 is 0 Å². The second-order valence-corrected chi connectivity index (χ2v) is 7.02. The Kier molecular flexibility index (Phi) is 6.00. The first-order chi connectivity index (χ1) is 10.8. The van der Waals surface area contributed by atoms with Gasteiger partial charge in [-0.05, 0) is 25.0 Å².